The van der Waals surface area contributed by atoms with Crippen molar-refractivity contribution in [3.63, 3.8) is 0 Å². The first-order valence-corrected chi connectivity index (χ1v) is 5.29. The van der Waals surface area contributed by atoms with Crippen LogP contribution in [0.15, 0.2) is 12.7 Å². The van der Waals surface area contributed by atoms with E-state index in [1.807, 2.05) is 13.0 Å². The molecule has 2 unspecified atom stereocenters. The highest BCUT2D eigenvalue weighted by atomic mass is 16.1. The van der Waals surface area contributed by atoms with Crippen LogP contribution in [0.3, 0.4) is 0 Å². The Bertz CT molecular complexity index is 211. The zero-order valence-corrected chi connectivity index (χ0v) is 8.83. The maximum atomic E-state index is 11.4. The number of nitrogens with two attached hydrogens (primary N) is 1. The van der Waals surface area contributed by atoms with Crippen LogP contribution in [0.2, 0.25) is 0 Å². The maximum absolute atomic E-state index is 11.4. The Morgan fingerprint density at radius 1 is 1.71 bits per heavy atom. The highest BCUT2D eigenvalue weighted by molar-refractivity contribution is 5.76. The van der Waals surface area contributed by atoms with E-state index >= 15 is 0 Å². The molecule has 0 aromatic heterocycles. The molecule has 0 aromatic carbocycles. The van der Waals surface area contributed by atoms with Crippen LogP contribution in [0.25, 0.3) is 0 Å². The van der Waals surface area contributed by atoms with Gasteiger partial charge in [-0.25, -0.2) is 0 Å². The van der Waals surface area contributed by atoms with Gasteiger partial charge in [0.2, 0.25) is 5.91 Å². The van der Waals surface area contributed by atoms with Gasteiger partial charge in [-0.15, -0.1) is 6.58 Å². The van der Waals surface area contributed by atoms with Crippen LogP contribution in [0, 0.1) is 5.92 Å². The van der Waals surface area contributed by atoms with Crippen LogP contribution in [-0.2, 0) is 4.79 Å². The number of rotatable bonds is 6. The first-order valence-electron chi connectivity index (χ1n) is 5.29. The van der Waals surface area contributed by atoms with E-state index in [0.29, 0.717) is 12.3 Å². The van der Waals surface area contributed by atoms with Gasteiger partial charge in [0.1, 0.15) is 0 Å². The summed E-state index contributed by atoms with van der Waals surface area (Å²) in [4.78, 5) is 11.4. The van der Waals surface area contributed by atoms with Gasteiger partial charge in [0.05, 0.1) is 0 Å². The molecule has 1 fully saturated rings. The van der Waals surface area contributed by atoms with Gasteiger partial charge in [-0.05, 0) is 32.1 Å². The number of carbonyl (C=O) groups excluding carboxylic acids is 1. The molecule has 0 aliphatic heterocycles. The molecule has 1 rings (SSSR count). The molecular weight excluding hydrogens is 176 g/mol. The largest absolute Gasteiger partial charge is 0.353 e. The van der Waals surface area contributed by atoms with E-state index in [0.717, 1.165) is 6.42 Å². The molecule has 0 bridgehead atoms. The molecule has 3 N–H and O–H groups in total. The predicted octanol–water partition coefficient (Wildman–Crippen LogP) is 1.19. The highest BCUT2D eigenvalue weighted by Gasteiger charge is 2.29. The van der Waals surface area contributed by atoms with Crippen molar-refractivity contribution in [2.45, 2.75) is 44.7 Å². The van der Waals surface area contributed by atoms with Crippen molar-refractivity contribution in [3.05, 3.63) is 12.7 Å². The lowest BCUT2D eigenvalue weighted by Crippen LogP contribution is -2.37. The summed E-state index contributed by atoms with van der Waals surface area (Å²) in [5.74, 6) is 0.661. The number of nitrogens with one attached hydrogen (secondary N) is 1. The molecule has 14 heavy (non-hydrogen) atoms. The molecule has 1 aliphatic rings. The first-order chi connectivity index (χ1) is 6.63. The van der Waals surface area contributed by atoms with E-state index in [9.17, 15) is 4.79 Å². The fourth-order valence-corrected chi connectivity index (χ4v) is 1.55. The van der Waals surface area contributed by atoms with Gasteiger partial charge >= 0.3 is 0 Å². The molecule has 1 saturated carbocycles. The monoisotopic (exact) mass is 196 g/mol. The van der Waals surface area contributed by atoms with Gasteiger partial charge in [-0.2, -0.15) is 0 Å². The minimum Gasteiger partial charge on any atom is -0.353 e. The summed E-state index contributed by atoms with van der Waals surface area (Å²) in [6.07, 6.45) is 5.47. The van der Waals surface area contributed by atoms with Crippen LogP contribution < -0.4 is 11.1 Å². The lowest BCUT2D eigenvalue weighted by atomic mass is 10.1. The molecule has 2 atom stereocenters. The molecule has 3 heteroatoms. The zero-order valence-electron chi connectivity index (χ0n) is 8.83. The Morgan fingerprint density at radius 2 is 2.36 bits per heavy atom. The van der Waals surface area contributed by atoms with E-state index in [1.54, 1.807) is 0 Å². The third kappa shape index (κ3) is 3.92. The Hall–Kier alpha value is -0.830. The van der Waals surface area contributed by atoms with Crippen molar-refractivity contribution in [1.29, 1.82) is 0 Å². The summed E-state index contributed by atoms with van der Waals surface area (Å²) in [6.45, 7) is 5.61. The zero-order chi connectivity index (χ0) is 10.6. The molecule has 0 aromatic rings. The Kier molecular flexibility index (Phi) is 4.14. The Balaban J connectivity index is 2.16. The minimum absolute atomic E-state index is 0.0610. The fraction of sp³-hybridized carbons (Fsp3) is 0.727. The quantitative estimate of drug-likeness (QED) is 0.627. The third-order valence-corrected chi connectivity index (χ3v) is 2.58. The van der Waals surface area contributed by atoms with Crippen LogP contribution in [0.1, 0.15) is 32.6 Å². The Labute approximate surface area is 85.7 Å². The van der Waals surface area contributed by atoms with Crippen molar-refractivity contribution in [2.24, 2.45) is 11.7 Å². The van der Waals surface area contributed by atoms with Gasteiger partial charge in [-0.1, -0.05) is 6.08 Å². The molecule has 1 amide bonds. The summed E-state index contributed by atoms with van der Waals surface area (Å²) in [6, 6.07) is 0.234. The summed E-state index contributed by atoms with van der Waals surface area (Å²) in [5, 5.41) is 2.90. The minimum atomic E-state index is 0.0610. The summed E-state index contributed by atoms with van der Waals surface area (Å²) in [5.41, 5.74) is 5.85. The number of hydrogen-bond donors (Lipinski definition) is 2. The SMILES string of the molecule is C=CCC(C)NC(=O)CC(N)C1CC1. The van der Waals surface area contributed by atoms with Crippen LogP contribution in [0.5, 0.6) is 0 Å². The van der Waals surface area contributed by atoms with Crippen molar-refractivity contribution >= 4 is 5.91 Å². The number of hydrogen-bond acceptors (Lipinski definition) is 2. The van der Waals surface area contributed by atoms with Gasteiger partial charge in [-0.3, -0.25) is 4.79 Å². The van der Waals surface area contributed by atoms with Crippen LogP contribution in [-0.4, -0.2) is 18.0 Å². The Morgan fingerprint density at radius 3 is 2.86 bits per heavy atom. The van der Waals surface area contributed by atoms with Crippen molar-refractivity contribution in [3.8, 4) is 0 Å². The van der Waals surface area contributed by atoms with E-state index in [2.05, 4.69) is 11.9 Å². The van der Waals surface area contributed by atoms with Gasteiger partial charge < -0.3 is 11.1 Å². The molecule has 0 radical (unpaired) electrons. The van der Waals surface area contributed by atoms with Gasteiger partial charge in [0, 0.05) is 18.5 Å². The lowest BCUT2D eigenvalue weighted by Gasteiger charge is -2.14. The fourth-order valence-electron chi connectivity index (χ4n) is 1.55. The standard InChI is InChI=1S/C11H20N2O/c1-3-4-8(2)13-11(14)7-10(12)9-5-6-9/h3,8-10H,1,4-7,12H2,2H3,(H,13,14). The summed E-state index contributed by atoms with van der Waals surface area (Å²) >= 11 is 0. The van der Waals surface area contributed by atoms with E-state index < -0.39 is 0 Å². The smallest absolute Gasteiger partial charge is 0.221 e. The number of carbonyl (C=O) groups is 1. The molecule has 0 spiro atoms. The van der Waals surface area contributed by atoms with E-state index in [4.69, 9.17) is 5.73 Å². The summed E-state index contributed by atoms with van der Waals surface area (Å²) < 4.78 is 0. The van der Waals surface area contributed by atoms with E-state index in [-0.39, 0.29) is 18.0 Å². The maximum Gasteiger partial charge on any atom is 0.221 e. The highest BCUT2D eigenvalue weighted by Crippen LogP contribution is 2.32. The lowest BCUT2D eigenvalue weighted by molar-refractivity contribution is -0.122. The average Bonchev–Trinajstić information content (AvgIpc) is 2.85. The second-order valence-corrected chi connectivity index (χ2v) is 4.20. The van der Waals surface area contributed by atoms with E-state index in [1.165, 1.54) is 12.8 Å². The van der Waals surface area contributed by atoms with Crippen LogP contribution in [0.4, 0.5) is 0 Å². The van der Waals surface area contributed by atoms with Crippen molar-refractivity contribution < 1.29 is 4.79 Å². The molecule has 80 valence electrons. The predicted molar refractivity (Wildman–Crippen MR) is 57.7 cm³/mol. The average molecular weight is 196 g/mol. The molecule has 3 nitrogen and oxygen atoms in total. The summed E-state index contributed by atoms with van der Waals surface area (Å²) in [7, 11) is 0. The normalized spacial score (nSPS) is 19.9. The topological polar surface area (TPSA) is 55.1 Å². The van der Waals surface area contributed by atoms with Gasteiger partial charge in [0.25, 0.3) is 0 Å². The first kappa shape index (κ1) is 11.2. The number of amides is 1. The second-order valence-electron chi connectivity index (χ2n) is 4.20. The van der Waals surface area contributed by atoms with Gasteiger partial charge in [0.15, 0.2) is 0 Å². The van der Waals surface area contributed by atoms with Crippen molar-refractivity contribution in [2.75, 3.05) is 0 Å². The third-order valence-electron chi connectivity index (χ3n) is 2.58. The molecular formula is C11H20N2O. The van der Waals surface area contributed by atoms with Crippen molar-refractivity contribution in [1.82, 2.24) is 5.32 Å². The van der Waals surface area contributed by atoms with Crippen LogP contribution >= 0.6 is 0 Å². The molecule has 1 aliphatic carbocycles. The second kappa shape index (κ2) is 5.15. The molecule has 0 saturated heterocycles. The molecule has 0 heterocycles.